The second-order valence-corrected chi connectivity index (χ2v) is 7.79. The number of hydrogen-bond donors (Lipinski definition) is 0. The molecule has 7 heteroatoms. The molecule has 3 aliphatic rings. The van der Waals surface area contributed by atoms with E-state index < -0.39 is 0 Å². The molecule has 0 unspecified atom stereocenters. The molecule has 0 saturated carbocycles. The lowest BCUT2D eigenvalue weighted by Gasteiger charge is -2.35. The first kappa shape index (κ1) is 18.3. The fraction of sp³-hybridized carbons (Fsp3) is 0.700. The van der Waals surface area contributed by atoms with Crippen LogP contribution in [0.15, 0.2) is 6.20 Å². The van der Waals surface area contributed by atoms with Crippen molar-refractivity contribution in [1.82, 2.24) is 19.8 Å². The maximum Gasteiger partial charge on any atom is 0.252 e. The Bertz CT molecular complexity index is 717. The van der Waals surface area contributed by atoms with E-state index >= 15 is 0 Å². The van der Waals surface area contributed by atoms with Crippen LogP contribution in [-0.2, 0) is 27.3 Å². The van der Waals surface area contributed by atoms with Crippen LogP contribution in [0.3, 0.4) is 0 Å². The Morgan fingerprint density at radius 1 is 1.15 bits per heavy atom. The van der Waals surface area contributed by atoms with E-state index in [0.29, 0.717) is 19.7 Å². The predicted octanol–water partition coefficient (Wildman–Crippen LogP) is 2.00. The summed E-state index contributed by atoms with van der Waals surface area (Å²) < 4.78 is 5.65. The number of nitrogens with zero attached hydrogens (tertiary/aromatic N) is 4. The largest absolute Gasteiger partial charge is 0.368 e. The van der Waals surface area contributed by atoms with Crippen molar-refractivity contribution in [2.45, 2.75) is 70.6 Å². The summed E-state index contributed by atoms with van der Waals surface area (Å²) in [5, 5.41) is 0. The molecule has 146 valence electrons. The zero-order valence-corrected chi connectivity index (χ0v) is 16.0. The van der Waals surface area contributed by atoms with Crippen LogP contribution in [0.4, 0.5) is 0 Å². The van der Waals surface area contributed by atoms with Gasteiger partial charge in [-0.25, -0.2) is 9.97 Å². The van der Waals surface area contributed by atoms with Crippen LogP contribution in [0.5, 0.6) is 0 Å². The molecular formula is C20H28N4O3. The molecule has 7 nitrogen and oxygen atoms in total. The van der Waals surface area contributed by atoms with Gasteiger partial charge in [0.2, 0.25) is 5.91 Å². The Morgan fingerprint density at radius 3 is 2.78 bits per heavy atom. The number of amides is 2. The number of fused-ring (bicyclic) bond motifs is 1. The average molecular weight is 372 g/mol. The molecule has 0 bridgehead atoms. The number of piperidine rings is 1. The maximum absolute atomic E-state index is 12.7. The lowest BCUT2D eigenvalue weighted by atomic mass is 10.00. The molecule has 27 heavy (non-hydrogen) atoms. The number of carbonyl (C=O) groups is 2. The third-order valence-electron chi connectivity index (χ3n) is 5.92. The van der Waals surface area contributed by atoms with E-state index in [1.165, 1.54) is 0 Å². The number of ether oxygens (including phenoxy) is 1. The highest BCUT2D eigenvalue weighted by molar-refractivity contribution is 5.81. The number of rotatable bonds is 2. The van der Waals surface area contributed by atoms with Gasteiger partial charge in [0, 0.05) is 51.3 Å². The number of likely N-dealkylation sites (tertiary alicyclic amines) is 1. The van der Waals surface area contributed by atoms with Crippen molar-refractivity contribution in [1.29, 1.82) is 0 Å². The van der Waals surface area contributed by atoms with Gasteiger partial charge in [-0.2, -0.15) is 0 Å². The molecule has 0 radical (unpaired) electrons. The quantitative estimate of drug-likeness (QED) is 0.794. The van der Waals surface area contributed by atoms with Crippen LogP contribution in [0.1, 0.15) is 68.6 Å². The minimum Gasteiger partial charge on any atom is -0.368 e. The topological polar surface area (TPSA) is 75.6 Å². The minimum atomic E-state index is -0.285. The molecule has 0 N–H and O–H groups in total. The van der Waals surface area contributed by atoms with E-state index in [-0.39, 0.29) is 24.0 Å². The summed E-state index contributed by atoms with van der Waals surface area (Å²) >= 11 is 0. The molecule has 0 aromatic carbocycles. The van der Waals surface area contributed by atoms with Crippen LogP contribution in [0, 0.1) is 0 Å². The number of carbonyl (C=O) groups excluding carboxylic acids is 2. The van der Waals surface area contributed by atoms with Crippen molar-refractivity contribution >= 4 is 11.8 Å². The van der Waals surface area contributed by atoms with E-state index in [1.54, 1.807) is 6.92 Å². The second kappa shape index (κ2) is 7.92. The number of hydrogen-bond acceptors (Lipinski definition) is 5. The first-order valence-electron chi connectivity index (χ1n) is 10.2. The molecule has 1 aromatic heterocycles. The van der Waals surface area contributed by atoms with E-state index in [0.717, 1.165) is 68.6 Å². The molecule has 2 amide bonds. The molecule has 0 aliphatic carbocycles. The van der Waals surface area contributed by atoms with Crippen molar-refractivity contribution in [3.63, 3.8) is 0 Å². The standard InChI is InChI=1S/C20H28N4O3/c1-14(25)24-9-4-2-6-17(24)19-21-12-15-13-23(10-8-16(15)22-19)20(26)18-7-3-5-11-27-18/h12,17-18H,2-11,13H2,1H3/t17-,18-/m1/s1. The van der Waals surface area contributed by atoms with E-state index in [2.05, 4.69) is 4.98 Å². The van der Waals surface area contributed by atoms with E-state index in [1.807, 2.05) is 16.0 Å². The Balaban J connectivity index is 1.48. The lowest BCUT2D eigenvalue weighted by molar-refractivity contribution is -0.147. The zero-order chi connectivity index (χ0) is 18.8. The third kappa shape index (κ3) is 3.83. The summed E-state index contributed by atoms with van der Waals surface area (Å²) in [5.74, 6) is 0.934. The Hall–Kier alpha value is -2.02. The summed E-state index contributed by atoms with van der Waals surface area (Å²) in [7, 11) is 0. The van der Waals surface area contributed by atoms with Crippen molar-refractivity contribution in [3.8, 4) is 0 Å². The smallest absolute Gasteiger partial charge is 0.252 e. The molecule has 4 rings (SSSR count). The van der Waals surface area contributed by atoms with Crippen molar-refractivity contribution < 1.29 is 14.3 Å². The van der Waals surface area contributed by atoms with Gasteiger partial charge in [-0.05, 0) is 38.5 Å². The first-order chi connectivity index (χ1) is 13.1. The predicted molar refractivity (Wildman–Crippen MR) is 98.7 cm³/mol. The molecule has 3 aliphatic heterocycles. The fourth-order valence-corrected chi connectivity index (χ4v) is 4.40. The van der Waals surface area contributed by atoms with Gasteiger partial charge in [-0.3, -0.25) is 9.59 Å². The zero-order valence-electron chi connectivity index (χ0n) is 16.0. The Kier molecular flexibility index (Phi) is 5.38. The molecule has 1 aromatic rings. The van der Waals surface area contributed by atoms with Crippen LogP contribution in [-0.4, -0.2) is 57.4 Å². The summed E-state index contributed by atoms with van der Waals surface area (Å²) in [4.78, 5) is 37.8. The van der Waals surface area contributed by atoms with Crippen LogP contribution in [0.2, 0.25) is 0 Å². The Labute approximate surface area is 160 Å². The highest BCUT2D eigenvalue weighted by atomic mass is 16.5. The molecule has 2 atom stereocenters. The summed E-state index contributed by atoms with van der Waals surface area (Å²) in [6, 6.07) is -0.0168. The first-order valence-corrected chi connectivity index (χ1v) is 10.2. The van der Waals surface area contributed by atoms with Crippen LogP contribution in [0.25, 0.3) is 0 Å². The van der Waals surface area contributed by atoms with E-state index in [9.17, 15) is 9.59 Å². The van der Waals surface area contributed by atoms with Gasteiger partial charge >= 0.3 is 0 Å². The second-order valence-electron chi connectivity index (χ2n) is 7.79. The SMILES string of the molecule is CC(=O)N1CCCC[C@@H]1c1ncc2c(n1)CCN(C(=O)[C@H]1CCCCO1)C2. The highest BCUT2D eigenvalue weighted by Crippen LogP contribution is 2.30. The molecule has 2 fully saturated rings. The fourth-order valence-electron chi connectivity index (χ4n) is 4.40. The van der Waals surface area contributed by atoms with Crippen molar-refractivity contribution in [3.05, 3.63) is 23.3 Å². The summed E-state index contributed by atoms with van der Waals surface area (Å²) in [6.45, 7) is 4.30. The van der Waals surface area contributed by atoms with Gasteiger partial charge in [0.1, 0.15) is 6.10 Å². The monoisotopic (exact) mass is 372 g/mol. The summed E-state index contributed by atoms with van der Waals surface area (Å²) in [5.41, 5.74) is 2.03. The molecular weight excluding hydrogens is 344 g/mol. The van der Waals surface area contributed by atoms with Crippen LogP contribution >= 0.6 is 0 Å². The van der Waals surface area contributed by atoms with E-state index in [4.69, 9.17) is 9.72 Å². The molecule has 2 saturated heterocycles. The minimum absolute atomic E-state index is 0.0168. The van der Waals surface area contributed by atoms with Gasteiger partial charge in [-0.1, -0.05) is 0 Å². The van der Waals surface area contributed by atoms with Gasteiger partial charge in [0.05, 0.1) is 11.7 Å². The maximum atomic E-state index is 12.7. The van der Waals surface area contributed by atoms with Gasteiger partial charge in [-0.15, -0.1) is 0 Å². The normalized spacial score (nSPS) is 25.8. The van der Waals surface area contributed by atoms with Gasteiger partial charge < -0.3 is 14.5 Å². The van der Waals surface area contributed by atoms with Gasteiger partial charge in [0.25, 0.3) is 5.91 Å². The van der Waals surface area contributed by atoms with Crippen molar-refractivity contribution in [2.24, 2.45) is 0 Å². The number of aromatic nitrogens is 2. The third-order valence-corrected chi connectivity index (χ3v) is 5.92. The van der Waals surface area contributed by atoms with Gasteiger partial charge in [0.15, 0.2) is 5.82 Å². The van der Waals surface area contributed by atoms with Crippen molar-refractivity contribution in [2.75, 3.05) is 19.7 Å². The Morgan fingerprint density at radius 2 is 2.00 bits per heavy atom. The highest BCUT2D eigenvalue weighted by Gasteiger charge is 2.32. The lowest BCUT2D eigenvalue weighted by Crippen LogP contribution is -2.44. The average Bonchev–Trinajstić information content (AvgIpc) is 2.73. The summed E-state index contributed by atoms with van der Waals surface area (Å²) in [6.07, 6.45) is 8.28. The molecule has 4 heterocycles. The van der Waals surface area contributed by atoms with Crippen LogP contribution < -0.4 is 0 Å². The molecule has 0 spiro atoms.